The molecular formula is C11H17NO3. The minimum absolute atomic E-state index is 0.237. The van der Waals surface area contributed by atoms with Crippen molar-refractivity contribution in [3.8, 4) is 0 Å². The second-order valence-electron chi connectivity index (χ2n) is 5.41. The first-order chi connectivity index (χ1) is 6.87. The number of carbonyl (C=O) groups is 2. The number of amides is 1. The number of rotatable bonds is 2. The molecule has 2 fully saturated rings. The van der Waals surface area contributed by atoms with Crippen LogP contribution in [0.4, 0.5) is 0 Å². The first-order valence-electron chi connectivity index (χ1n) is 5.40. The monoisotopic (exact) mass is 211 g/mol. The van der Waals surface area contributed by atoms with Gasteiger partial charge < -0.3 is 10.0 Å². The molecule has 4 heteroatoms. The summed E-state index contributed by atoms with van der Waals surface area (Å²) in [5, 5.41) is 8.97. The molecule has 0 bridgehead atoms. The molecular weight excluding hydrogens is 194 g/mol. The van der Waals surface area contributed by atoms with Crippen LogP contribution in [0.2, 0.25) is 0 Å². The Morgan fingerprint density at radius 3 is 2.27 bits per heavy atom. The van der Waals surface area contributed by atoms with Crippen molar-refractivity contribution in [3.05, 3.63) is 0 Å². The molecule has 1 aliphatic heterocycles. The summed E-state index contributed by atoms with van der Waals surface area (Å²) in [6.45, 7) is 4.46. The molecule has 2 rings (SSSR count). The van der Waals surface area contributed by atoms with Crippen molar-refractivity contribution in [1.82, 2.24) is 4.90 Å². The van der Waals surface area contributed by atoms with Gasteiger partial charge in [0.25, 0.3) is 0 Å². The standard InChI is InChI=1S/C11H17NO3/c1-10(2,9(14)15)8(13)12-6-5-11(7-12)3-4-11/h3-7H2,1-2H3,(H,14,15). The molecule has 4 nitrogen and oxygen atoms in total. The van der Waals surface area contributed by atoms with E-state index in [1.54, 1.807) is 4.90 Å². The summed E-state index contributed by atoms with van der Waals surface area (Å²) in [6.07, 6.45) is 3.45. The Morgan fingerprint density at radius 2 is 1.87 bits per heavy atom. The van der Waals surface area contributed by atoms with Crippen LogP contribution in [0.3, 0.4) is 0 Å². The van der Waals surface area contributed by atoms with Crippen molar-refractivity contribution >= 4 is 11.9 Å². The molecule has 84 valence electrons. The average Bonchev–Trinajstić information content (AvgIpc) is 2.75. The van der Waals surface area contributed by atoms with Gasteiger partial charge in [-0.1, -0.05) is 0 Å². The Labute approximate surface area is 89.3 Å². The van der Waals surface area contributed by atoms with Gasteiger partial charge in [0.2, 0.25) is 5.91 Å². The molecule has 1 saturated heterocycles. The lowest BCUT2D eigenvalue weighted by Gasteiger charge is -2.25. The highest BCUT2D eigenvalue weighted by Gasteiger charge is 2.51. The van der Waals surface area contributed by atoms with Crippen molar-refractivity contribution in [2.75, 3.05) is 13.1 Å². The second-order valence-corrected chi connectivity index (χ2v) is 5.41. The average molecular weight is 211 g/mol. The molecule has 15 heavy (non-hydrogen) atoms. The molecule has 1 amide bonds. The van der Waals surface area contributed by atoms with Gasteiger partial charge in [0.05, 0.1) is 0 Å². The third kappa shape index (κ3) is 1.62. The van der Waals surface area contributed by atoms with Gasteiger partial charge in [-0.3, -0.25) is 9.59 Å². The minimum atomic E-state index is -1.28. The van der Waals surface area contributed by atoms with E-state index >= 15 is 0 Å². The van der Waals surface area contributed by atoms with Gasteiger partial charge in [0.1, 0.15) is 5.41 Å². The maximum absolute atomic E-state index is 12.0. The van der Waals surface area contributed by atoms with E-state index in [9.17, 15) is 9.59 Å². The highest BCUT2D eigenvalue weighted by Crippen LogP contribution is 2.53. The third-order valence-corrected chi connectivity index (χ3v) is 3.75. The van der Waals surface area contributed by atoms with Crippen LogP contribution < -0.4 is 0 Å². The number of carboxylic acids is 1. The van der Waals surface area contributed by atoms with Crippen LogP contribution in [0.1, 0.15) is 33.1 Å². The molecule has 2 aliphatic rings. The minimum Gasteiger partial charge on any atom is -0.480 e. The normalized spacial score (nSPS) is 23.2. The van der Waals surface area contributed by atoms with E-state index in [-0.39, 0.29) is 5.91 Å². The summed E-state index contributed by atoms with van der Waals surface area (Å²) < 4.78 is 0. The van der Waals surface area contributed by atoms with Gasteiger partial charge in [-0.2, -0.15) is 0 Å². The molecule has 0 radical (unpaired) electrons. The van der Waals surface area contributed by atoms with E-state index in [2.05, 4.69) is 0 Å². The zero-order valence-corrected chi connectivity index (χ0v) is 9.25. The van der Waals surface area contributed by atoms with E-state index in [0.717, 1.165) is 19.5 Å². The number of hydrogen-bond acceptors (Lipinski definition) is 2. The number of hydrogen-bond donors (Lipinski definition) is 1. The van der Waals surface area contributed by atoms with Crippen molar-refractivity contribution in [1.29, 1.82) is 0 Å². The van der Waals surface area contributed by atoms with Crippen molar-refractivity contribution in [2.45, 2.75) is 33.1 Å². The van der Waals surface area contributed by atoms with E-state index in [0.29, 0.717) is 5.41 Å². The summed E-state index contributed by atoms with van der Waals surface area (Å²) in [5.41, 5.74) is -0.912. The highest BCUT2D eigenvalue weighted by molar-refractivity contribution is 6.01. The Morgan fingerprint density at radius 1 is 1.27 bits per heavy atom. The molecule has 0 aromatic heterocycles. The Balaban J connectivity index is 2.05. The van der Waals surface area contributed by atoms with Crippen LogP contribution >= 0.6 is 0 Å². The van der Waals surface area contributed by atoms with Gasteiger partial charge in [0.15, 0.2) is 0 Å². The van der Waals surface area contributed by atoms with E-state index in [1.807, 2.05) is 0 Å². The predicted octanol–water partition coefficient (Wildman–Crippen LogP) is 1.11. The van der Waals surface area contributed by atoms with Crippen LogP contribution in [-0.4, -0.2) is 35.0 Å². The quantitative estimate of drug-likeness (QED) is 0.696. The number of carbonyl (C=O) groups excluding carboxylic acids is 1. The lowest BCUT2D eigenvalue weighted by Crippen LogP contribution is -2.44. The summed E-state index contributed by atoms with van der Waals surface area (Å²) >= 11 is 0. The fraction of sp³-hybridized carbons (Fsp3) is 0.818. The van der Waals surface area contributed by atoms with E-state index in [1.165, 1.54) is 26.7 Å². The lowest BCUT2D eigenvalue weighted by atomic mass is 9.92. The Bertz CT molecular complexity index is 318. The van der Waals surface area contributed by atoms with E-state index < -0.39 is 11.4 Å². The third-order valence-electron chi connectivity index (χ3n) is 3.75. The molecule has 1 spiro atoms. The van der Waals surface area contributed by atoms with Crippen LogP contribution in [-0.2, 0) is 9.59 Å². The van der Waals surface area contributed by atoms with Crippen LogP contribution in [0, 0.1) is 10.8 Å². The zero-order valence-electron chi connectivity index (χ0n) is 9.25. The predicted molar refractivity (Wildman–Crippen MR) is 54.3 cm³/mol. The fourth-order valence-electron chi connectivity index (χ4n) is 2.18. The van der Waals surface area contributed by atoms with Gasteiger partial charge in [-0.25, -0.2) is 0 Å². The molecule has 0 aromatic rings. The molecule has 0 unspecified atom stereocenters. The first kappa shape index (κ1) is 10.5. The Hall–Kier alpha value is -1.06. The van der Waals surface area contributed by atoms with Gasteiger partial charge in [0, 0.05) is 13.1 Å². The lowest BCUT2D eigenvalue weighted by molar-refractivity contribution is -0.157. The highest BCUT2D eigenvalue weighted by atomic mass is 16.4. The molecule has 1 aliphatic carbocycles. The largest absolute Gasteiger partial charge is 0.480 e. The van der Waals surface area contributed by atoms with Crippen molar-refractivity contribution in [3.63, 3.8) is 0 Å². The first-order valence-corrected chi connectivity index (χ1v) is 5.40. The van der Waals surface area contributed by atoms with Crippen LogP contribution in [0.15, 0.2) is 0 Å². The second kappa shape index (κ2) is 2.97. The number of nitrogens with zero attached hydrogens (tertiary/aromatic N) is 1. The fourth-order valence-corrected chi connectivity index (χ4v) is 2.18. The van der Waals surface area contributed by atoms with Crippen molar-refractivity contribution < 1.29 is 14.7 Å². The van der Waals surface area contributed by atoms with Gasteiger partial charge in [-0.15, -0.1) is 0 Å². The molecule has 0 aromatic carbocycles. The van der Waals surface area contributed by atoms with Gasteiger partial charge in [-0.05, 0) is 38.5 Å². The maximum Gasteiger partial charge on any atom is 0.318 e. The number of likely N-dealkylation sites (tertiary alicyclic amines) is 1. The van der Waals surface area contributed by atoms with E-state index in [4.69, 9.17) is 5.11 Å². The topological polar surface area (TPSA) is 57.6 Å². The zero-order chi connectivity index (χ0) is 11.3. The molecule has 1 heterocycles. The molecule has 1 saturated carbocycles. The van der Waals surface area contributed by atoms with Crippen LogP contribution in [0.25, 0.3) is 0 Å². The smallest absolute Gasteiger partial charge is 0.318 e. The van der Waals surface area contributed by atoms with Gasteiger partial charge >= 0.3 is 5.97 Å². The Kier molecular flexibility index (Phi) is 2.07. The summed E-state index contributed by atoms with van der Waals surface area (Å²) in [7, 11) is 0. The summed E-state index contributed by atoms with van der Waals surface area (Å²) in [4.78, 5) is 24.6. The SMILES string of the molecule is CC(C)(C(=O)O)C(=O)N1CCC2(CC2)C1. The van der Waals surface area contributed by atoms with Crippen molar-refractivity contribution in [2.24, 2.45) is 10.8 Å². The summed E-state index contributed by atoms with van der Waals surface area (Å²) in [6, 6.07) is 0. The maximum atomic E-state index is 12.0. The number of carboxylic acid groups (broad SMARTS) is 1. The number of aliphatic carboxylic acids is 1. The van der Waals surface area contributed by atoms with Crippen LogP contribution in [0.5, 0.6) is 0 Å². The summed E-state index contributed by atoms with van der Waals surface area (Å²) in [5.74, 6) is -1.27. The molecule has 1 N–H and O–H groups in total. The molecule has 0 atom stereocenters.